The predicted molar refractivity (Wildman–Crippen MR) is 44.3 cm³/mol. The Morgan fingerprint density at radius 1 is 1.67 bits per heavy atom. The number of urea groups is 1. The number of nitrogens with one attached hydrogen (secondary N) is 2. The number of ether oxygens (including phenoxy) is 1. The van der Waals surface area contributed by atoms with Crippen molar-refractivity contribution in [2.75, 3.05) is 19.8 Å². The summed E-state index contributed by atoms with van der Waals surface area (Å²) in [5.74, 6) is 5.34. The number of hydrogen-bond donors (Lipinski definition) is 3. The molecule has 12 heavy (non-hydrogen) atoms. The monoisotopic (exact) mass is 173 g/mol. The fourth-order valence-corrected chi connectivity index (χ4v) is 1.26. The number of hydrazine groups is 1. The van der Waals surface area contributed by atoms with Crippen LogP contribution in [0.15, 0.2) is 0 Å². The van der Waals surface area contributed by atoms with Crippen LogP contribution in [0.5, 0.6) is 0 Å². The van der Waals surface area contributed by atoms with Crippen molar-refractivity contribution in [3.63, 3.8) is 0 Å². The minimum Gasteiger partial charge on any atom is -0.381 e. The highest BCUT2D eigenvalue weighted by molar-refractivity contribution is 5.72. The fraction of sp³-hybridized carbons (Fsp3) is 0.857. The molecular weight excluding hydrogens is 158 g/mol. The third kappa shape index (κ3) is 3.06. The van der Waals surface area contributed by atoms with E-state index in [1.54, 1.807) is 0 Å². The molecule has 0 saturated carbocycles. The average Bonchev–Trinajstić information content (AvgIpc) is 2.16. The standard InChI is InChI=1S/C7H15N3O2/c8-10-7(11)9-4-6-2-1-3-12-5-6/h6H,1-5,8H2,(H2,9,10,11). The van der Waals surface area contributed by atoms with E-state index >= 15 is 0 Å². The predicted octanol–water partition coefficient (Wildman–Crippen LogP) is -0.414. The van der Waals surface area contributed by atoms with Crippen molar-refractivity contribution in [1.82, 2.24) is 10.7 Å². The van der Waals surface area contributed by atoms with E-state index in [2.05, 4.69) is 5.32 Å². The molecule has 1 aliphatic heterocycles. The molecule has 1 atom stereocenters. The summed E-state index contributed by atoms with van der Waals surface area (Å²) in [6, 6.07) is -0.333. The Bertz CT molecular complexity index is 146. The zero-order chi connectivity index (χ0) is 8.81. The number of carbonyl (C=O) groups excluding carboxylic acids is 1. The average molecular weight is 173 g/mol. The summed E-state index contributed by atoms with van der Waals surface area (Å²) >= 11 is 0. The van der Waals surface area contributed by atoms with E-state index < -0.39 is 0 Å². The van der Waals surface area contributed by atoms with Gasteiger partial charge in [0, 0.05) is 13.2 Å². The van der Waals surface area contributed by atoms with E-state index in [4.69, 9.17) is 10.6 Å². The second-order valence-electron chi connectivity index (χ2n) is 2.94. The quantitative estimate of drug-likeness (QED) is 0.302. The SMILES string of the molecule is NNC(=O)NCC1CCCOC1. The van der Waals surface area contributed by atoms with Gasteiger partial charge in [-0.05, 0) is 18.8 Å². The van der Waals surface area contributed by atoms with E-state index in [0.717, 1.165) is 26.1 Å². The van der Waals surface area contributed by atoms with Crippen molar-refractivity contribution in [3.8, 4) is 0 Å². The molecule has 5 heteroatoms. The Balaban J connectivity index is 2.09. The van der Waals surface area contributed by atoms with Gasteiger partial charge < -0.3 is 10.1 Å². The first-order chi connectivity index (χ1) is 5.83. The summed E-state index contributed by atoms with van der Waals surface area (Å²) in [4.78, 5) is 10.7. The molecule has 0 bridgehead atoms. The maximum Gasteiger partial charge on any atom is 0.328 e. The highest BCUT2D eigenvalue weighted by atomic mass is 16.5. The van der Waals surface area contributed by atoms with Crippen molar-refractivity contribution in [2.24, 2.45) is 11.8 Å². The molecule has 1 heterocycles. The van der Waals surface area contributed by atoms with Gasteiger partial charge in [-0.15, -0.1) is 0 Å². The topological polar surface area (TPSA) is 76.4 Å². The maximum absolute atomic E-state index is 10.7. The van der Waals surface area contributed by atoms with Gasteiger partial charge >= 0.3 is 6.03 Å². The van der Waals surface area contributed by atoms with Crippen molar-refractivity contribution in [3.05, 3.63) is 0 Å². The number of amides is 2. The Morgan fingerprint density at radius 2 is 2.50 bits per heavy atom. The van der Waals surface area contributed by atoms with Crippen LogP contribution in [0, 0.1) is 5.92 Å². The highest BCUT2D eigenvalue weighted by Gasteiger charge is 2.13. The zero-order valence-electron chi connectivity index (χ0n) is 7.01. The summed E-state index contributed by atoms with van der Waals surface area (Å²) in [5, 5.41) is 2.65. The Kier molecular flexibility index (Phi) is 3.83. The Hall–Kier alpha value is -0.810. The molecule has 4 N–H and O–H groups in total. The van der Waals surface area contributed by atoms with Crippen LogP contribution >= 0.6 is 0 Å². The molecule has 0 radical (unpaired) electrons. The number of carbonyl (C=O) groups is 1. The molecule has 70 valence electrons. The van der Waals surface area contributed by atoms with Crippen LogP contribution in [0.25, 0.3) is 0 Å². The third-order valence-electron chi connectivity index (χ3n) is 1.94. The van der Waals surface area contributed by atoms with Gasteiger partial charge in [-0.2, -0.15) is 0 Å². The van der Waals surface area contributed by atoms with Gasteiger partial charge in [0.05, 0.1) is 6.61 Å². The molecule has 0 aromatic heterocycles. The maximum atomic E-state index is 10.7. The number of hydrogen-bond acceptors (Lipinski definition) is 3. The molecule has 0 aromatic rings. The number of nitrogens with two attached hydrogens (primary N) is 1. The van der Waals surface area contributed by atoms with Crippen LogP contribution in [0.3, 0.4) is 0 Å². The zero-order valence-corrected chi connectivity index (χ0v) is 7.01. The lowest BCUT2D eigenvalue weighted by atomic mass is 10.0. The summed E-state index contributed by atoms with van der Waals surface area (Å²) in [7, 11) is 0. The molecule has 5 nitrogen and oxygen atoms in total. The van der Waals surface area contributed by atoms with E-state index in [0.29, 0.717) is 12.5 Å². The van der Waals surface area contributed by atoms with Crippen LogP contribution < -0.4 is 16.6 Å². The Morgan fingerprint density at radius 3 is 3.08 bits per heavy atom. The van der Waals surface area contributed by atoms with Crippen LogP contribution in [-0.2, 0) is 4.74 Å². The number of rotatable bonds is 2. The second kappa shape index (κ2) is 4.95. The molecular formula is C7H15N3O2. The molecule has 2 amide bonds. The first-order valence-electron chi connectivity index (χ1n) is 4.15. The lowest BCUT2D eigenvalue weighted by Crippen LogP contribution is -2.42. The minimum atomic E-state index is -0.333. The molecule has 1 saturated heterocycles. The smallest absolute Gasteiger partial charge is 0.328 e. The summed E-state index contributed by atoms with van der Waals surface area (Å²) in [5.41, 5.74) is 2.01. The van der Waals surface area contributed by atoms with E-state index in [1.807, 2.05) is 5.43 Å². The van der Waals surface area contributed by atoms with Gasteiger partial charge in [0.15, 0.2) is 0 Å². The first-order valence-corrected chi connectivity index (χ1v) is 4.15. The van der Waals surface area contributed by atoms with Crippen LogP contribution in [0.2, 0.25) is 0 Å². The molecule has 1 rings (SSSR count). The van der Waals surface area contributed by atoms with Gasteiger partial charge in [0.2, 0.25) is 0 Å². The molecule has 0 aliphatic carbocycles. The minimum absolute atomic E-state index is 0.333. The molecule has 0 spiro atoms. The van der Waals surface area contributed by atoms with Gasteiger partial charge in [0.1, 0.15) is 0 Å². The van der Waals surface area contributed by atoms with E-state index in [-0.39, 0.29) is 6.03 Å². The fourth-order valence-electron chi connectivity index (χ4n) is 1.26. The first kappa shape index (κ1) is 9.28. The molecule has 1 aliphatic rings. The van der Waals surface area contributed by atoms with Crippen LogP contribution in [0.4, 0.5) is 4.79 Å². The van der Waals surface area contributed by atoms with Crippen molar-refractivity contribution >= 4 is 6.03 Å². The van der Waals surface area contributed by atoms with Crippen LogP contribution in [-0.4, -0.2) is 25.8 Å². The summed E-state index contributed by atoms with van der Waals surface area (Å²) < 4.78 is 5.25. The molecule has 1 fully saturated rings. The summed E-state index contributed by atoms with van der Waals surface area (Å²) in [6.45, 7) is 2.23. The van der Waals surface area contributed by atoms with Gasteiger partial charge in [0.25, 0.3) is 0 Å². The van der Waals surface area contributed by atoms with E-state index in [1.165, 1.54) is 0 Å². The summed E-state index contributed by atoms with van der Waals surface area (Å²) in [6.07, 6.45) is 2.20. The van der Waals surface area contributed by atoms with E-state index in [9.17, 15) is 4.79 Å². The lowest BCUT2D eigenvalue weighted by molar-refractivity contribution is 0.0557. The lowest BCUT2D eigenvalue weighted by Gasteiger charge is -2.21. The van der Waals surface area contributed by atoms with Gasteiger partial charge in [-0.1, -0.05) is 0 Å². The molecule has 1 unspecified atom stereocenters. The van der Waals surface area contributed by atoms with Crippen molar-refractivity contribution in [2.45, 2.75) is 12.8 Å². The largest absolute Gasteiger partial charge is 0.381 e. The van der Waals surface area contributed by atoms with Crippen LogP contribution in [0.1, 0.15) is 12.8 Å². The van der Waals surface area contributed by atoms with Crippen molar-refractivity contribution in [1.29, 1.82) is 0 Å². The normalized spacial score (nSPS) is 23.2. The van der Waals surface area contributed by atoms with Gasteiger partial charge in [-0.3, -0.25) is 5.43 Å². The van der Waals surface area contributed by atoms with Gasteiger partial charge in [-0.25, -0.2) is 10.6 Å². The highest BCUT2D eigenvalue weighted by Crippen LogP contribution is 2.11. The van der Waals surface area contributed by atoms with Crippen molar-refractivity contribution < 1.29 is 9.53 Å². The third-order valence-corrected chi connectivity index (χ3v) is 1.94. The Labute approximate surface area is 71.6 Å². The second-order valence-corrected chi connectivity index (χ2v) is 2.94. The molecule has 0 aromatic carbocycles.